The molecule has 6 heteroatoms. The van der Waals surface area contributed by atoms with Gasteiger partial charge < -0.3 is 4.57 Å². The molecule has 0 amide bonds. The lowest BCUT2D eigenvalue weighted by Gasteiger charge is -2.09. The molecule has 0 spiro atoms. The Bertz CT molecular complexity index is 530. The molecule has 0 atom stereocenters. The van der Waals surface area contributed by atoms with Crippen molar-refractivity contribution in [1.82, 2.24) is 9.55 Å². The van der Waals surface area contributed by atoms with Crippen molar-refractivity contribution in [3.63, 3.8) is 0 Å². The highest BCUT2D eigenvalue weighted by molar-refractivity contribution is 5.86. The zero-order chi connectivity index (χ0) is 11.8. The summed E-state index contributed by atoms with van der Waals surface area (Å²) >= 11 is 0. The van der Waals surface area contributed by atoms with Crippen molar-refractivity contribution in [3.8, 4) is 0 Å². The third kappa shape index (κ3) is 1.91. The van der Waals surface area contributed by atoms with Crippen molar-refractivity contribution in [2.75, 3.05) is 0 Å². The first-order chi connectivity index (χ1) is 7.51. The molecule has 3 nitrogen and oxygen atoms in total. The minimum atomic E-state index is -4.37. The van der Waals surface area contributed by atoms with Gasteiger partial charge in [-0.05, 0) is 18.2 Å². The van der Waals surface area contributed by atoms with Crippen LogP contribution >= 0.6 is 0 Å². The standard InChI is InChI=1S/C10H7F3N2O/c11-10(12,13)6-15-8(5-16)4-7-2-1-3-14-9(7)15/h1-5H,6H2. The van der Waals surface area contributed by atoms with Crippen LogP contribution in [0.25, 0.3) is 11.0 Å². The summed E-state index contributed by atoms with van der Waals surface area (Å²) in [6.07, 6.45) is -2.58. The molecule has 0 aliphatic heterocycles. The zero-order valence-corrected chi connectivity index (χ0v) is 8.03. The van der Waals surface area contributed by atoms with Crippen molar-refractivity contribution in [1.29, 1.82) is 0 Å². The normalized spacial score (nSPS) is 11.9. The minimum Gasteiger partial charge on any atom is -0.314 e. The Balaban J connectivity index is 2.60. The molecule has 2 aromatic rings. The van der Waals surface area contributed by atoms with Gasteiger partial charge in [-0.3, -0.25) is 4.79 Å². The quantitative estimate of drug-likeness (QED) is 0.740. The maximum Gasteiger partial charge on any atom is 0.406 e. The van der Waals surface area contributed by atoms with E-state index in [0.29, 0.717) is 11.7 Å². The number of carbonyl (C=O) groups excluding carboxylic acids is 1. The fourth-order valence-electron chi connectivity index (χ4n) is 1.55. The van der Waals surface area contributed by atoms with Crippen LogP contribution in [0.4, 0.5) is 13.2 Å². The van der Waals surface area contributed by atoms with Gasteiger partial charge in [-0.15, -0.1) is 0 Å². The number of nitrogens with zero attached hydrogens (tertiary/aromatic N) is 2. The highest BCUT2D eigenvalue weighted by atomic mass is 19.4. The Morgan fingerprint density at radius 3 is 2.81 bits per heavy atom. The highest BCUT2D eigenvalue weighted by Crippen LogP contribution is 2.23. The molecule has 0 saturated heterocycles. The molecule has 0 N–H and O–H groups in total. The zero-order valence-electron chi connectivity index (χ0n) is 8.03. The van der Waals surface area contributed by atoms with Crippen LogP contribution in [0.2, 0.25) is 0 Å². The number of aldehydes is 1. The fourth-order valence-corrected chi connectivity index (χ4v) is 1.55. The minimum absolute atomic E-state index is 0.0222. The smallest absolute Gasteiger partial charge is 0.314 e. The SMILES string of the molecule is O=Cc1cc2cccnc2n1CC(F)(F)F. The summed E-state index contributed by atoms with van der Waals surface area (Å²) in [4.78, 5) is 14.5. The van der Waals surface area contributed by atoms with Crippen molar-refractivity contribution in [3.05, 3.63) is 30.1 Å². The van der Waals surface area contributed by atoms with E-state index < -0.39 is 12.7 Å². The van der Waals surface area contributed by atoms with Crippen molar-refractivity contribution in [2.45, 2.75) is 12.7 Å². The predicted octanol–water partition coefficient (Wildman–Crippen LogP) is 2.41. The van der Waals surface area contributed by atoms with Crippen LogP contribution in [0.15, 0.2) is 24.4 Å². The molecular weight excluding hydrogens is 221 g/mol. The van der Waals surface area contributed by atoms with Crippen LogP contribution in [0.3, 0.4) is 0 Å². The molecule has 2 rings (SSSR count). The molecule has 2 heterocycles. The van der Waals surface area contributed by atoms with E-state index in [9.17, 15) is 18.0 Å². The summed E-state index contributed by atoms with van der Waals surface area (Å²) in [6, 6.07) is 4.61. The van der Waals surface area contributed by atoms with E-state index in [1.54, 1.807) is 12.1 Å². The number of fused-ring (bicyclic) bond motifs is 1. The van der Waals surface area contributed by atoms with Gasteiger partial charge in [-0.25, -0.2) is 4.98 Å². The first kappa shape index (κ1) is 10.7. The van der Waals surface area contributed by atoms with Crippen LogP contribution in [0.5, 0.6) is 0 Å². The number of halogens is 3. The Morgan fingerprint density at radius 1 is 1.44 bits per heavy atom. The molecule has 0 fully saturated rings. The molecule has 0 aliphatic carbocycles. The van der Waals surface area contributed by atoms with Gasteiger partial charge in [0.25, 0.3) is 0 Å². The van der Waals surface area contributed by atoms with Gasteiger partial charge in [0.15, 0.2) is 6.29 Å². The summed E-state index contributed by atoms with van der Waals surface area (Å²) in [5.41, 5.74) is 0.146. The summed E-state index contributed by atoms with van der Waals surface area (Å²) < 4.78 is 37.8. The Labute approximate surface area is 88.5 Å². The first-order valence-corrected chi connectivity index (χ1v) is 4.47. The van der Waals surface area contributed by atoms with Crippen LogP contribution in [0, 0.1) is 0 Å². The van der Waals surface area contributed by atoms with Crippen molar-refractivity contribution >= 4 is 17.3 Å². The van der Waals surface area contributed by atoms with E-state index in [0.717, 1.165) is 4.57 Å². The third-order valence-electron chi connectivity index (χ3n) is 2.15. The second kappa shape index (κ2) is 3.62. The molecule has 0 unspecified atom stereocenters. The summed E-state index contributed by atoms with van der Waals surface area (Å²) in [6.45, 7) is -1.21. The summed E-state index contributed by atoms with van der Waals surface area (Å²) in [5.74, 6) is 0. The van der Waals surface area contributed by atoms with Gasteiger partial charge in [-0.1, -0.05) is 0 Å². The number of hydrogen-bond acceptors (Lipinski definition) is 2. The lowest BCUT2D eigenvalue weighted by atomic mass is 10.3. The Morgan fingerprint density at radius 2 is 2.19 bits per heavy atom. The van der Waals surface area contributed by atoms with E-state index in [2.05, 4.69) is 4.98 Å². The van der Waals surface area contributed by atoms with Gasteiger partial charge in [0.1, 0.15) is 12.2 Å². The van der Waals surface area contributed by atoms with E-state index in [1.807, 2.05) is 0 Å². The molecule has 16 heavy (non-hydrogen) atoms. The van der Waals surface area contributed by atoms with Crippen molar-refractivity contribution < 1.29 is 18.0 Å². The second-order valence-corrected chi connectivity index (χ2v) is 3.30. The predicted molar refractivity (Wildman–Crippen MR) is 51.2 cm³/mol. The number of aromatic nitrogens is 2. The van der Waals surface area contributed by atoms with Gasteiger partial charge in [0, 0.05) is 11.6 Å². The molecule has 0 aromatic carbocycles. The number of hydrogen-bond donors (Lipinski definition) is 0. The maximum atomic E-state index is 12.3. The molecule has 0 radical (unpaired) electrons. The van der Waals surface area contributed by atoms with Crippen LogP contribution in [-0.2, 0) is 6.54 Å². The molecule has 0 aliphatic rings. The maximum absolute atomic E-state index is 12.3. The Hall–Kier alpha value is -1.85. The number of rotatable bonds is 2. The average molecular weight is 228 g/mol. The van der Waals surface area contributed by atoms with Crippen LogP contribution in [0.1, 0.15) is 10.5 Å². The average Bonchev–Trinajstić information content (AvgIpc) is 2.55. The van der Waals surface area contributed by atoms with E-state index in [4.69, 9.17) is 0 Å². The van der Waals surface area contributed by atoms with Gasteiger partial charge in [0.2, 0.25) is 0 Å². The summed E-state index contributed by atoms with van der Waals surface area (Å²) in [7, 11) is 0. The summed E-state index contributed by atoms with van der Waals surface area (Å²) in [5, 5.41) is 0.522. The molecule has 0 saturated carbocycles. The number of pyridine rings is 1. The van der Waals surface area contributed by atoms with Gasteiger partial charge in [0.05, 0.1) is 5.69 Å². The lowest BCUT2D eigenvalue weighted by Crippen LogP contribution is -2.19. The molecular formula is C10H7F3N2O. The third-order valence-corrected chi connectivity index (χ3v) is 2.15. The van der Waals surface area contributed by atoms with Crippen molar-refractivity contribution in [2.24, 2.45) is 0 Å². The second-order valence-electron chi connectivity index (χ2n) is 3.30. The molecule has 0 bridgehead atoms. The van der Waals surface area contributed by atoms with Crippen LogP contribution < -0.4 is 0 Å². The molecule has 2 aromatic heterocycles. The Kier molecular flexibility index (Phi) is 2.41. The van der Waals surface area contributed by atoms with Crippen LogP contribution in [-0.4, -0.2) is 22.0 Å². The van der Waals surface area contributed by atoms with E-state index in [1.165, 1.54) is 12.3 Å². The topological polar surface area (TPSA) is 34.9 Å². The van der Waals surface area contributed by atoms with Gasteiger partial charge in [-0.2, -0.15) is 13.2 Å². The first-order valence-electron chi connectivity index (χ1n) is 4.47. The number of carbonyl (C=O) groups is 1. The van der Waals surface area contributed by atoms with E-state index in [-0.39, 0.29) is 11.3 Å². The highest BCUT2D eigenvalue weighted by Gasteiger charge is 2.29. The largest absolute Gasteiger partial charge is 0.406 e. The lowest BCUT2D eigenvalue weighted by molar-refractivity contribution is -0.140. The molecule has 84 valence electrons. The van der Waals surface area contributed by atoms with Gasteiger partial charge >= 0.3 is 6.18 Å². The van der Waals surface area contributed by atoms with E-state index >= 15 is 0 Å². The fraction of sp³-hybridized carbons (Fsp3) is 0.200. The number of alkyl halides is 3. The monoisotopic (exact) mass is 228 g/mol.